The molecule has 10 aromatic carbocycles. The number of hydrogen-bond donors (Lipinski definition) is 0. The van der Waals surface area contributed by atoms with Crippen LogP contribution in [0.5, 0.6) is 0 Å². The highest BCUT2D eigenvalue weighted by Gasteiger charge is 2.22. The van der Waals surface area contributed by atoms with E-state index in [1.807, 2.05) is 12.1 Å². The molecule has 0 spiro atoms. The normalized spacial score (nSPS) is 11.6. The van der Waals surface area contributed by atoms with Gasteiger partial charge in [0.1, 0.15) is 11.2 Å². The molecule has 11 rings (SSSR count). The van der Waals surface area contributed by atoms with E-state index >= 15 is 0 Å². The molecule has 0 unspecified atom stereocenters. The predicted octanol–water partition coefficient (Wildman–Crippen LogP) is 15.5. The maximum absolute atomic E-state index is 6.28. The Bertz CT molecular complexity index is 3260. The molecule has 0 bridgehead atoms. The second-order valence-electron chi connectivity index (χ2n) is 14.4. The van der Waals surface area contributed by atoms with E-state index in [2.05, 4.69) is 205 Å². The van der Waals surface area contributed by atoms with Crippen LogP contribution in [0.4, 0.5) is 17.1 Å². The Balaban J connectivity index is 1.13. The third-order valence-electron chi connectivity index (χ3n) is 11.3. The molecule has 0 saturated carbocycles. The minimum Gasteiger partial charge on any atom is -0.456 e. The number of benzene rings is 10. The molecule has 1 aromatic heterocycles. The highest BCUT2D eigenvalue weighted by atomic mass is 16.3. The van der Waals surface area contributed by atoms with Crippen molar-refractivity contribution in [1.29, 1.82) is 0 Å². The molecule has 0 aliphatic heterocycles. The zero-order valence-electron chi connectivity index (χ0n) is 30.6. The van der Waals surface area contributed by atoms with Crippen molar-refractivity contribution in [3.05, 3.63) is 212 Å². The van der Waals surface area contributed by atoms with Gasteiger partial charge in [-0.25, -0.2) is 0 Å². The van der Waals surface area contributed by atoms with Crippen molar-refractivity contribution in [2.24, 2.45) is 0 Å². The molecule has 0 radical (unpaired) electrons. The number of fused-ring (bicyclic) bond motifs is 7. The number of hydrogen-bond acceptors (Lipinski definition) is 2. The van der Waals surface area contributed by atoms with Gasteiger partial charge in [-0.15, -0.1) is 0 Å². The van der Waals surface area contributed by atoms with Gasteiger partial charge in [-0.3, -0.25) is 0 Å². The van der Waals surface area contributed by atoms with Gasteiger partial charge in [0.2, 0.25) is 0 Å². The Morgan fingerprint density at radius 1 is 0.286 bits per heavy atom. The summed E-state index contributed by atoms with van der Waals surface area (Å²) in [6.45, 7) is 0. The van der Waals surface area contributed by atoms with Crippen molar-refractivity contribution in [3.63, 3.8) is 0 Å². The molecular formula is C54H35NO. The average molecular weight is 714 g/mol. The second-order valence-corrected chi connectivity index (χ2v) is 14.4. The highest BCUT2D eigenvalue weighted by molar-refractivity contribution is 6.15. The first-order valence-corrected chi connectivity index (χ1v) is 19.2. The van der Waals surface area contributed by atoms with Crippen LogP contribution >= 0.6 is 0 Å². The molecule has 0 aliphatic carbocycles. The summed E-state index contributed by atoms with van der Waals surface area (Å²) in [4.78, 5) is 2.45. The first kappa shape index (κ1) is 32.0. The van der Waals surface area contributed by atoms with Crippen LogP contribution in [0.25, 0.3) is 87.6 Å². The lowest BCUT2D eigenvalue weighted by atomic mass is 9.91. The van der Waals surface area contributed by atoms with E-state index < -0.39 is 0 Å². The van der Waals surface area contributed by atoms with Crippen LogP contribution in [0, 0.1) is 0 Å². The Morgan fingerprint density at radius 2 is 0.821 bits per heavy atom. The van der Waals surface area contributed by atoms with Crippen molar-refractivity contribution >= 4 is 71.3 Å². The fourth-order valence-corrected chi connectivity index (χ4v) is 8.65. The molecule has 0 N–H and O–H groups in total. The molecule has 0 fully saturated rings. The summed E-state index contributed by atoms with van der Waals surface area (Å²) in [6, 6.07) is 76.6. The zero-order chi connectivity index (χ0) is 37.0. The SMILES string of the molecule is c1ccc(N(c2ccc(-c3ccc4c(c3)oc3ccccc34)cc2)c2ccccc2-c2cc3ccccc3c3ccccc23)c(-c2cccc3ccccc23)c1. The van der Waals surface area contributed by atoms with Crippen molar-refractivity contribution in [2.75, 3.05) is 4.90 Å². The first-order valence-electron chi connectivity index (χ1n) is 19.2. The van der Waals surface area contributed by atoms with Gasteiger partial charge in [0.05, 0.1) is 11.4 Å². The molecular weight excluding hydrogens is 679 g/mol. The lowest BCUT2D eigenvalue weighted by Gasteiger charge is -2.30. The van der Waals surface area contributed by atoms with E-state index in [0.717, 1.165) is 50.1 Å². The van der Waals surface area contributed by atoms with Crippen molar-refractivity contribution < 1.29 is 4.42 Å². The summed E-state index contributed by atoms with van der Waals surface area (Å²) in [5.41, 5.74) is 12.1. The summed E-state index contributed by atoms with van der Waals surface area (Å²) in [6.07, 6.45) is 0. The molecule has 0 aliphatic rings. The van der Waals surface area contributed by atoms with Crippen LogP contribution in [0.15, 0.2) is 217 Å². The van der Waals surface area contributed by atoms with Gasteiger partial charge in [-0.2, -0.15) is 0 Å². The Morgan fingerprint density at radius 3 is 1.61 bits per heavy atom. The predicted molar refractivity (Wildman–Crippen MR) is 237 cm³/mol. The van der Waals surface area contributed by atoms with Gasteiger partial charge in [0.15, 0.2) is 0 Å². The third kappa shape index (κ3) is 5.26. The van der Waals surface area contributed by atoms with Crippen LogP contribution in [-0.2, 0) is 0 Å². The molecule has 0 amide bonds. The van der Waals surface area contributed by atoms with Gasteiger partial charge in [-0.1, -0.05) is 164 Å². The van der Waals surface area contributed by atoms with Crippen LogP contribution in [-0.4, -0.2) is 0 Å². The number of nitrogens with zero attached hydrogens (tertiary/aromatic N) is 1. The lowest BCUT2D eigenvalue weighted by Crippen LogP contribution is -2.12. The van der Waals surface area contributed by atoms with Gasteiger partial charge in [-0.05, 0) is 103 Å². The Hall–Kier alpha value is -7.42. The van der Waals surface area contributed by atoms with Crippen LogP contribution in [0.3, 0.4) is 0 Å². The second kappa shape index (κ2) is 13.2. The maximum atomic E-state index is 6.28. The monoisotopic (exact) mass is 713 g/mol. The van der Waals surface area contributed by atoms with Crippen molar-refractivity contribution in [3.8, 4) is 33.4 Å². The average Bonchev–Trinajstić information content (AvgIpc) is 3.65. The Kier molecular flexibility index (Phi) is 7.53. The molecule has 0 atom stereocenters. The number of para-hydroxylation sites is 3. The van der Waals surface area contributed by atoms with E-state index in [0.29, 0.717) is 0 Å². The van der Waals surface area contributed by atoms with Gasteiger partial charge < -0.3 is 9.32 Å². The van der Waals surface area contributed by atoms with Crippen molar-refractivity contribution in [1.82, 2.24) is 0 Å². The van der Waals surface area contributed by atoms with Gasteiger partial charge >= 0.3 is 0 Å². The minimum absolute atomic E-state index is 0.898. The summed E-state index contributed by atoms with van der Waals surface area (Å²) in [7, 11) is 0. The summed E-state index contributed by atoms with van der Waals surface area (Å²) < 4.78 is 6.28. The zero-order valence-corrected chi connectivity index (χ0v) is 30.6. The lowest BCUT2D eigenvalue weighted by molar-refractivity contribution is 0.669. The molecule has 262 valence electrons. The van der Waals surface area contributed by atoms with Crippen LogP contribution < -0.4 is 4.90 Å². The highest BCUT2D eigenvalue weighted by Crippen LogP contribution is 2.48. The molecule has 2 nitrogen and oxygen atoms in total. The summed E-state index contributed by atoms with van der Waals surface area (Å²) >= 11 is 0. The van der Waals surface area contributed by atoms with E-state index in [1.165, 1.54) is 54.6 Å². The van der Waals surface area contributed by atoms with E-state index in [1.54, 1.807) is 0 Å². The van der Waals surface area contributed by atoms with Crippen LogP contribution in [0.1, 0.15) is 0 Å². The molecule has 2 heteroatoms. The smallest absolute Gasteiger partial charge is 0.136 e. The maximum Gasteiger partial charge on any atom is 0.136 e. The quantitative estimate of drug-likeness (QED) is 0.160. The summed E-state index contributed by atoms with van der Waals surface area (Å²) in [5.74, 6) is 0. The Labute approximate surface area is 325 Å². The van der Waals surface area contributed by atoms with E-state index in [9.17, 15) is 0 Å². The fourth-order valence-electron chi connectivity index (χ4n) is 8.65. The number of anilines is 3. The standard InChI is InChI=1S/C54H35NO/c1-3-17-41-37(14-1)16-13-24-44(41)46-21-7-10-25-51(46)55(40-31-28-36(29-32-40)38-30-33-49-48-23-9-12-27-53(48)56-54(49)35-38)52-26-11-8-22-47(52)50-34-39-15-2-4-18-42(39)43-19-5-6-20-45(43)50/h1-35H. The third-order valence-corrected chi connectivity index (χ3v) is 11.3. The van der Waals surface area contributed by atoms with Gasteiger partial charge in [0, 0.05) is 27.6 Å². The number of rotatable bonds is 6. The van der Waals surface area contributed by atoms with E-state index in [4.69, 9.17) is 4.42 Å². The number of furan rings is 1. The molecule has 56 heavy (non-hydrogen) atoms. The minimum atomic E-state index is 0.898. The molecule has 1 heterocycles. The van der Waals surface area contributed by atoms with Crippen molar-refractivity contribution in [2.45, 2.75) is 0 Å². The largest absolute Gasteiger partial charge is 0.456 e. The first-order chi connectivity index (χ1) is 27.8. The van der Waals surface area contributed by atoms with Gasteiger partial charge in [0.25, 0.3) is 0 Å². The molecule has 0 saturated heterocycles. The van der Waals surface area contributed by atoms with Crippen LogP contribution in [0.2, 0.25) is 0 Å². The summed E-state index contributed by atoms with van der Waals surface area (Å²) in [5, 5.41) is 9.70. The molecule has 11 aromatic rings. The topological polar surface area (TPSA) is 16.4 Å². The fraction of sp³-hybridized carbons (Fsp3) is 0. The van der Waals surface area contributed by atoms with E-state index in [-0.39, 0.29) is 0 Å².